The van der Waals surface area contributed by atoms with Crippen LogP contribution in [0, 0.1) is 13.8 Å². The predicted molar refractivity (Wildman–Crippen MR) is 152 cm³/mol. The summed E-state index contributed by atoms with van der Waals surface area (Å²) in [6, 6.07) is 14.6. The van der Waals surface area contributed by atoms with Crippen LogP contribution in [-0.4, -0.2) is 44.8 Å². The summed E-state index contributed by atoms with van der Waals surface area (Å²) < 4.78 is 69.5. The van der Waals surface area contributed by atoms with Crippen molar-refractivity contribution in [2.24, 2.45) is 0 Å². The maximum Gasteiger partial charge on any atom is 0.417 e. The van der Waals surface area contributed by atoms with Gasteiger partial charge in [0.2, 0.25) is 11.8 Å². The molecule has 0 aromatic heterocycles. The number of carbonyl (C=O) groups is 2. The van der Waals surface area contributed by atoms with Crippen LogP contribution < -0.4 is 9.62 Å². The number of rotatable bonds is 10. The van der Waals surface area contributed by atoms with E-state index < -0.39 is 56.9 Å². The topological polar surface area (TPSA) is 86.8 Å². The highest BCUT2D eigenvalue weighted by molar-refractivity contribution is 7.92. The zero-order chi connectivity index (χ0) is 30.5. The Morgan fingerprint density at radius 2 is 1.63 bits per heavy atom. The minimum atomic E-state index is -4.88. The number of benzene rings is 3. The minimum absolute atomic E-state index is 0.0235. The van der Waals surface area contributed by atoms with E-state index in [9.17, 15) is 31.2 Å². The molecular weight excluding hydrogens is 579 g/mol. The lowest BCUT2D eigenvalue weighted by atomic mass is 10.1. The fourth-order valence-electron chi connectivity index (χ4n) is 4.31. The van der Waals surface area contributed by atoms with Crippen molar-refractivity contribution in [2.45, 2.75) is 50.9 Å². The Balaban J connectivity index is 2.16. The number of carbonyl (C=O) groups excluding carboxylic acids is 2. The molecule has 3 aromatic rings. The van der Waals surface area contributed by atoms with Crippen molar-refractivity contribution in [2.75, 3.05) is 17.9 Å². The zero-order valence-corrected chi connectivity index (χ0v) is 24.6. The van der Waals surface area contributed by atoms with Gasteiger partial charge < -0.3 is 10.2 Å². The second-order valence-electron chi connectivity index (χ2n) is 9.47. The van der Waals surface area contributed by atoms with Crippen molar-refractivity contribution in [1.82, 2.24) is 10.2 Å². The van der Waals surface area contributed by atoms with Crippen LogP contribution in [0.3, 0.4) is 0 Å². The van der Waals surface area contributed by atoms with Gasteiger partial charge in [-0.05, 0) is 61.7 Å². The standard InChI is InChI=1S/C29H31ClF3N3O4S/c1-5-26(28(38)34-4)35(17-21-9-7-6-8-20(21)3)27(37)18-36(41(39,40)23-13-10-19(2)11-14-23)22-12-15-25(30)24(16-22)29(31,32)33/h6-16,26H,5,17-18H2,1-4H3,(H,34,38). The lowest BCUT2D eigenvalue weighted by Crippen LogP contribution is -2.51. The monoisotopic (exact) mass is 609 g/mol. The molecule has 0 heterocycles. The van der Waals surface area contributed by atoms with Gasteiger partial charge in [0.25, 0.3) is 10.0 Å². The van der Waals surface area contributed by atoms with Gasteiger partial charge in [0, 0.05) is 13.6 Å². The number of halogens is 4. The summed E-state index contributed by atoms with van der Waals surface area (Å²) in [6.45, 7) is 4.39. The molecular formula is C29H31ClF3N3O4S. The molecule has 1 atom stereocenters. The number of hydrogen-bond acceptors (Lipinski definition) is 4. The molecule has 3 aromatic carbocycles. The summed E-state index contributed by atoms with van der Waals surface area (Å²) in [6.07, 6.45) is -4.67. The van der Waals surface area contributed by atoms with Crippen LogP contribution in [0.2, 0.25) is 5.02 Å². The third-order valence-electron chi connectivity index (χ3n) is 6.67. The maximum atomic E-state index is 13.9. The van der Waals surface area contributed by atoms with E-state index in [1.165, 1.54) is 24.1 Å². The van der Waals surface area contributed by atoms with Gasteiger partial charge in [0.15, 0.2) is 0 Å². The number of nitrogens with one attached hydrogen (secondary N) is 1. The van der Waals surface area contributed by atoms with E-state index in [4.69, 9.17) is 11.6 Å². The van der Waals surface area contributed by atoms with Crippen molar-refractivity contribution in [3.63, 3.8) is 0 Å². The van der Waals surface area contributed by atoms with Crippen LogP contribution in [-0.2, 0) is 32.3 Å². The van der Waals surface area contributed by atoms with Gasteiger partial charge in [-0.15, -0.1) is 0 Å². The Morgan fingerprint density at radius 3 is 2.20 bits per heavy atom. The molecule has 220 valence electrons. The van der Waals surface area contributed by atoms with E-state index in [1.807, 2.05) is 19.1 Å². The van der Waals surface area contributed by atoms with Crippen LogP contribution >= 0.6 is 11.6 Å². The summed E-state index contributed by atoms with van der Waals surface area (Å²) >= 11 is 5.80. The van der Waals surface area contributed by atoms with Gasteiger partial charge in [-0.1, -0.05) is 60.5 Å². The van der Waals surface area contributed by atoms with E-state index in [0.29, 0.717) is 10.4 Å². The molecule has 0 saturated carbocycles. The van der Waals surface area contributed by atoms with E-state index in [1.54, 1.807) is 38.1 Å². The molecule has 1 unspecified atom stereocenters. The first-order valence-corrected chi connectivity index (χ1v) is 14.5. The molecule has 0 spiro atoms. The number of amides is 2. The van der Waals surface area contributed by atoms with E-state index in [2.05, 4.69) is 5.32 Å². The van der Waals surface area contributed by atoms with Gasteiger partial charge >= 0.3 is 6.18 Å². The predicted octanol–water partition coefficient (Wildman–Crippen LogP) is 5.72. The fraction of sp³-hybridized carbons (Fsp3) is 0.310. The molecule has 1 N–H and O–H groups in total. The fourth-order valence-corrected chi connectivity index (χ4v) is 5.94. The van der Waals surface area contributed by atoms with E-state index in [0.717, 1.165) is 28.8 Å². The average Bonchev–Trinajstić information content (AvgIpc) is 2.92. The number of nitrogens with zero attached hydrogens (tertiary/aromatic N) is 2. The van der Waals surface area contributed by atoms with Crippen LogP contribution in [0.5, 0.6) is 0 Å². The zero-order valence-electron chi connectivity index (χ0n) is 23.0. The Labute approximate surface area is 243 Å². The summed E-state index contributed by atoms with van der Waals surface area (Å²) in [7, 11) is -3.12. The van der Waals surface area contributed by atoms with Gasteiger partial charge in [-0.2, -0.15) is 13.2 Å². The van der Waals surface area contributed by atoms with Crippen molar-refractivity contribution >= 4 is 39.1 Å². The van der Waals surface area contributed by atoms with Crippen molar-refractivity contribution in [1.29, 1.82) is 0 Å². The van der Waals surface area contributed by atoms with Crippen LogP contribution in [0.15, 0.2) is 71.6 Å². The Kier molecular flexibility index (Phi) is 10.1. The smallest absolute Gasteiger partial charge is 0.357 e. The normalized spacial score (nSPS) is 12.5. The molecule has 0 radical (unpaired) electrons. The molecule has 41 heavy (non-hydrogen) atoms. The van der Waals surface area contributed by atoms with Crippen LogP contribution in [0.4, 0.5) is 18.9 Å². The van der Waals surface area contributed by atoms with Crippen molar-refractivity contribution in [3.8, 4) is 0 Å². The highest BCUT2D eigenvalue weighted by Gasteiger charge is 2.37. The van der Waals surface area contributed by atoms with Crippen LogP contribution in [0.25, 0.3) is 0 Å². The molecule has 0 fully saturated rings. The van der Waals surface area contributed by atoms with Gasteiger partial charge in [-0.3, -0.25) is 13.9 Å². The molecule has 7 nitrogen and oxygen atoms in total. The largest absolute Gasteiger partial charge is 0.417 e. The Morgan fingerprint density at radius 1 is 1.00 bits per heavy atom. The van der Waals surface area contributed by atoms with Crippen molar-refractivity contribution < 1.29 is 31.2 Å². The lowest BCUT2D eigenvalue weighted by Gasteiger charge is -2.33. The molecule has 3 rings (SSSR count). The number of hydrogen-bond donors (Lipinski definition) is 1. The van der Waals surface area contributed by atoms with E-state index >= 15 is 0 Å². The number of anilines is 1. The second-order valence-corrected chi connectivity index (χ2v) is 11.7. The number of likely N-dealkylation sites (N-methyl/N-ethyl adjacent to an activating group) is 1. The Bertz CT molecular complexity index is 1510. The second kappa shape index (κ2) is 12.9. The van der Waals surface area contributed by atoms with Gasteiger partial charge in [0.05, 0.1) is 21.2 Å². The minimum Gasteiger partial charge on any atom is -0.357 e. The first-order valence-electron chi connectivity index (χ1n) is 12.7. The van der Waals surface area contributed by atoms with Gasteiger partial charge in [0.1, 0.15) is 12.6 Å². The quantitative estimate of drug-likeness (QED) is 0.318. The molecule has 0 aliphatic rings. The average molecular weight is 610 g/mol. The number of sulfonamides is 1. The molecule has 2 amide bonds. The summed E-state index contributed by atoms with van der Waals surface area (Å²) in [4.78, 5) is 27.8. The summed E-state index contributed by atoms with van der Waals surface area (Å²) in [5.74, 6) is -1.24. The number of aryl methyl sites for hydroxylation is 2. The molecule has 0 saturated heterocycles. The lowest BCUT2D eigenvalue weighted by molar-refractivity contribution is -0.140. The molecule has 0 aliphatic carbocycles. The third kappa shape index (κ3) is 7.39. The number of alkyl halides is 3. The highest BCUT2D eigenvalue weighted by atomic mass is 35.5. The van der Waals surface area contributed by atoms with Gasteiger partial charge in [-0.25, -0.2) is 8.42 Å². The molecule has 0 bridgehead atoms. The summed E-state index contributed by atoms with van der Waals surface area (Å²) in [5, 5.41) is 1.91. The SMILES string of the molecule is CCC(C(=O)NC)N(Cc1ccccc1C)C(=O)CN(c1ccc(Cl)c(C(F)(F)F)c1)S(=O)(=O)c1ccc(C)cc1. The highest BCUT2D eigenvalue weighted by Crippen LogP contribution is 2.38. The maximum absolute atomic E-state index is 13.9. The van der Waals surface area contributed by atoms with Crippen LogP contribution in [0.1, 0.15) is 35.6 Å². The molecule has 12 heteroatoms. The molecule has 0 aliphatic heterocycles. The van der Waals surface area contributed by atoms with Crippen molar-refractivity contribution in [3.05, 3.63) is 94.0 Å². The summed E-state index contributed by atoms with van der Waals surface area (Å²) in [5.41, 5.74) is 0.676. The Hall–Kier alpha value is -3.57. The first-order chi connectivity index (χ1) is 19.2. The first kappa shape index (κ1) is 32.0. The van der Waals surface area contributed by atoms with E-state index in [-0.39, 0.29) is 17.9 Å². The third-order valence-corrected chi connectivity index (χ3v) is 8.78.